The first-order valence-corrected chi connectivity index (χ1v) is 14.4. The fourth-order valence-corrected chi connectivity index (χ4v) is 6.14. The first kappa shape index (κ1) is 28.1. The maximum absolute atomic E-state index is 13.4. The summed E-state index contributed by atoms with van der Waals surface area (Å²) in [4.78, 5) is 21.5. The summed E-state index contributed by atoms with van der Waals surface area (Å²) < 4.78 is 28.6. The monoisotopic (exact) mass is 544 g/mol. The van der Waals surface area contributed by atoms with Crippen molar-refractivity contribution in [2.45, 2.75) is 38.0 Å². The molecule has 1 amide bonds. The number of hydrogen-bond donors (Lipinski definition) is 1. The molecule has 4 rings (SSSR count). The van der Waals surface area contributed by atoms with Crippen molar-refractivity contribution in [2.75, 3.05) is 30.9 Å². The molecule has 1 heterocycles. The van der Waals surface area contributed by atoms with E-state index in [0.29, 0.717) is 37.6 Å². The van der Waals surface area contributed by atoms with Gasteiger partial charge in [0.2, 0.25) is 5.91 Å². The van der Waals surface area contributed by atoms with E-state index in [0.717, 1.165) is 22.4 Å². The molecular weight excluding hydrogens is 508 g/mol. The number of anilines is 1. The van der Waals surface area contributed by atoms with E-state index in [1.165, 1.54) is 11.6 Å². The number of aryl methyl sites for hydroxylation is 2. The third kappa shape index (κ3) is 5.91. The lowest BCUT2D eigenvalue weighted by Gasteiger charge is -2.40. The van der Waals surface area contributed by atoms with Crippen LogP contribution < -0.4 is 4.72 Å². The molecular formula is C31H36N4O3S. The molecule has 0 saturated carbocycles. The predicted octanol–water partition coefficient (Wildman–Crippen LogP) is 5.53. The van der Waals surface area contributed by atoms with E-state index in [1.54, 1.807) is 31.2 Å². The highest BCUT2D eigenvalue weighted by Gasteiger charge is 2.35. The van der Waals surface area contributed by atoms with Crippen LogP contribution in [0.4, 0.5) is 11.4 Å². The van der Waals surface area contributed by atoms with Crippen molar-refractivity contribution in [3.05, 3.63) is 95.6 Å². The molecule has 39 heavy (non-hydrogen) atoms. The molecule has 0 spiro atoms. The zero-order valence-corrected chi connectivity index (χ0v) is 23.9. The summed E-state index contributed by atoms with van der Waals surface area (Å²) in [5.74, 6) is 0.122. The smallest absolute Gasteiger partial charge is 0.264 e. The van der Waals surface area contributed by atoms with E-state index in [4.69, 9.17) is 0 Å². The average molecular weight is 545 g/mol. The van der Waals surface area contributed by atoms with Gasteiger partial charge in [0, 0.05) is 37.6 Å². The quantitative estimate of drug-likeness (QED) is 0.378. The van der Waals surface area contributed by atoms with E-state index < -0.39 is 15.4 Å². The van der Waals surface area contributed by atoms with E-state index in [1.807, 2.05) is 62.1 Å². The van der Waals surface area contributed by atoms with Gasteiger partial charge in [-0.1, -0.05) is 60.7 Å². The van der Waals surface area contributed by atoms with Gasteiger partial charge in [-0.2, -0.15) is 0 Å². The molecule has 3 aromatic carbocycles. The summed E-state index contributed by atoms with van der Waals surface area (Å²) in [5, 5.41) is 0. The number of carbonyl (C=O) groups is 1. The number of carbonyl (C=O) groups excluding carboxylic acids is 1. The Morgan fingerprint density at radius 2 is 1.49 bits per heavy atom. The van der Waals surface area contributed by atoms with Crippen LogP contribution in [0.1, 0.15) is 36.1 Å². The highest BCUT2D eigenvalue weighted by molar-refractivity contribution is 7.92. The van der Waals surface area contributed by atoms with Crippen molar-refractivity contribution >= 4 is 39.7 Å². The SMILES string of the molecule is C=Nc1c(C)cccc1S(=O)(=O)Nc1ccc(C(=C)N2CCN(C(=O)C(C)(C)c3ccc(C)cc3)CC2)cc1. The maximum atomic E-state index is 13.4. The van der Waals surface area contributed by atoms with Gasteiger partial charge in [-0.05, 0) is 69.3 Å². The van der Waals surface area contributed by atoms with Gasteiger partial charge in [-0.15, -0.1) is 0 Å². The van der Waals surface area contributed by atoms with Crippen molar-refractivity contribution in [3.63, 3.8) is 0 Å². The van der Waals surface area contributed by atoms with Gasteiger partial charge in [0.25, 0.3) is 10.0 Å². The highest BCUT2D eigenvalue weighted by Crippen LogP contribution is 2.30. The molecule has 0 radical (unpaired) electrons. The number of piperazine rings is 1. The van der Waals surface area contributed by atoms with Crippen LogP contribution in [0.2, 0.25) is 0 Å². The Morgan fingerprint density at radius 1 is 0.897 bits per heavy atom. The molecule has 0 bridgehead atoms. The molecule has 204 valence electrons. The lowest BCUT2D eigenvalue weighted by molar-refractivity contribution is -0.137. The van der Waals surface area contributed by atoms with Gasteiger partial charge in [0.1, 0.15) is 4.90 Å². The minimum Gasteiger partial charge on any atom is -0.368 e. The molecule has 1 aliphatic heterocycles. The minimum atomic E-state index is -3.83. The van der Waals surface area contributed by atoms with Crippen LogP contribution in [0.15, 0.2) is 83.2 Å². The van der Waals surface area contributed by atoms with Crippen LogP contribution in [-0.4, -0.2) is 57.0 Å². The zero-order chi connectivity index (χ0) is 28.4. The largest absolute Gasteiger partial charge is 0.368 e. The number of para-hydroxylation sites is 1. The standard InChI is InChI=1S/C31H36N4O3S/c1-22-10-14-26(15-11-22)31(4,5)30(36)35-20-18-34(19-21-35)24(3)25-12-16-27(17-13-25)33-39(37,38)28-9-7-8-23(2)29(28)32-6/h7-17,33H,3,6,18-21H2,1-2,4-5H3. The number of nitrogens with zero attached hydrogens (tertiary/aromatic N) is 3. The molecule has 1 fully saturated rings. The Labute approximate surface area is 231 Å². The fraction of sp³-hybridized carbons (Fsp3) is 0.290. The third-order valence-electron chi connectivity index (χ3n) is 7.38. The second-order valence-electron chi connectivity index (χ2n) is 10.5. The summed E-state index contributed by atoms with van der Waals surface area (Å²) in [6, 6.07) is 20.3. The van der Waals surface area contributed by atoms with Gasteiger partial charge in [0.15, 0.2) is 0 Å². The van der Waals surface area contributed by atoms with Crippen molar-refractivity contribution < 1.29 is 13.2 Å². The number of nitrogens with one attached hydrogen (secondary N) is 1. The van der Waals surface area contributed by atoms with Crippen LogP contribution >= 0.6 is 0 Å². The molecule has 1 aliphatic rings. The first-order chi connectivity index (χ1) is 18.4. The Bertz CT molecular complexity index is 1490. The molecule has 0 unspecified atom stereocenters. The van der Waals surface area contributed by atoms with Crippen molar-refractivity contribution in [1.82, 2.24) is 9.80 Å². The van der Waals surface area contributed by atoms with E-state index in [-0.39, 0.29) is 10.8 Å². The summed E-state index contributed by atoms with van der Waals surface area (Å²) in [5.41, 5.74) is 4.83. The molecule has 8 heteroatoms. The third-order valence-corrected chi connectivity index (χ3v) is 8.79. The van der Waals surface area contributed by atoms with Gasteiger partial charge >= 0.3 is 0 Å². The van der Waals surface area contributed by atoms with Crippen LogP contribution in [0.5, 0.6) is 0 Å². The number of hydrogen-bond acceptors (Lipinski definition) is 5. The second kappa shape index (κ2) is 11.1. The summed E-state index contributed by atoms with van der Waals surface area (Å²) >= 11 is 0. The Morgan fingerprint density at radius 3 is 2.08 bits per heavy atom. The molecule has 7 nitrogen and oxygen atoms in total. The molecule has 1 saturated heterocycles. The van der Waals surface area contributed by atoms with Gasteiger partial charge in [-0.25, -0.2) is 8.42 Å². The van der Waals surface area contributed by atoms with Crippen molar-refractivity contribution in [3.8, 4) is 0 Å². The van der Waals surface area contributed by atoms with E-state index in [2.05, 4.69) is 27.9 Å². The number of rotatable bonds is 8. The van der Waals surface area contributed by atoms with Gasteiger partial charge in [-0.3, -0.25) is 14.5 Å². The average Bonchev–Trinajstić information content (AvgIpc) is 2.92. The number of sulfonamides is 1. The van der Waals surface area contributed by atoms with Crippen molar-refractivity contribution in [1.29, 1.82) is 0 Å². The molecule has 0 aromatic heterocycles. The summed E-state index contributed by atoms with van der Waals surface area (Å²) in [6.45, 7) is 18.2. The maximum Gasteiger partial charge on any atom is 0.264 e. The van der Waals surface area contributed by atoms with Crippen LogP contribution in [-0.2, 0) is 20.2 Å². The normalized spacial score (nSPS) is 14.2. The highest BCUT2D eigenvalue weighted by atomic mass is 32.2. The van der Waals surface area contributed by atoms with Gasteiger partial charge < -0.3 is 9.80 Å². The number of benzene rings is 3. The fourth-order valence-electron chi connectivity index (χ4n) is 4.84. The number of amides is 1. The Kier molecular flexibility index (Phi) is 7.97. The molecule has 3 aromatic rings. The Hall–Kier alpha value is -3.91. The lowest BCUT2D eigenvalue weighted by atomic mass is 9.82. The minimum absolute atomic E-state index is 0.0870. The van der Waals surface area contributed by atoms with Crippen LogP contribution in [0.25, 0.3) is 5.70 Å². The zero-order valence-electron chi connectivity index (χ0n) is 23.1. The predicted molar refractivity (Wildman–Crippen MR) is 159 cm³/mol. The first-order valence-electron chi connectivity index (χ1n) is 12.9. The topological polar surface area (TPSA) is 82.1 Å². The molecule has 0 aliphatic carbocycles. The number of aliphatic imine (C=N–C) groups is 1. The van der Waals surface area contributed by atoms with E-state index >= 15 is 0 Å². The van der Waals surface area contributed by atoms with Crippen molar-refractivity contribution in [2.24, 2.45) is 4.99 Å². The second-order valence-corrected chi connectivity index (χ2v) is 12.1. The molecule has 0 atom stereocenters. The summed E-state index contributed by atoms with van der Waals surface area (Å²) in [7, 11) is -3.83. The summed E-state index contributed by atoms with van der Waals surface area (Å²) in [6.07, 6.45) is 0. The van der Waals surface area contributed by atoms with Crippen LogP contribution in [0.3, 0.4) is 0 Å². The Balaban J connectivity index is 1.38. The molecule has 1 N–H and O–H groups in total. The van der Waals surface area contributed by atoms with Gasteiger partial charge in [0.05, 0.1) is 11.1 Å². The van der Waals surface area contributed by atoms with E-state index in [9.17, 15) is 13.2 Å². The lowest BCUT2D eigenvalue weighted by Crippen LogP contribution is -2.52. The van der Waals surface area contributed by atoms with Crippen LogP contribution in [0, 0.1) is 13.8 Å².